The number of halogens is 1. The zero-order valence-corrected chi connectivity index (χ0v) is 20.8. The number of esters is 1. The Labute approximate surface area is 206 Å². The third-order valence-corrected chi connectivity index (χ3v) is 6.43. The predicted octanol–water partition coefficient (Wildman–Crippen LogP) is 5.31. The van der Waals surface area contributed by atoms with E-state index in [0.717, 1.165) is 0 Å². The van der Waals surface area contributed by atoms with Crippen LogP contribution in [0.1, 0.15) is 48.8 Å². The number of ether oxygens (including phenoxy) is 1. The third-order valence-electron chi connectivity index (χ3n) is 5.79. The highest BCUT2D eigenvalue weighted by Gasteiger charge is 2.59. The van der Waals surface area contributed by atoms with E-state index in [1.807, 2.05) is 6.07 Å². The van der Waals surface area contributed by atoms with Crippen molar-refractivity contribution in [3.05, 3.63) is 94.2 Å². The Bertz CT molecular complexity index is 1250. The van der Waals surface area contributed by atoms with E-state index in [2.05, 4.69) is 26.2 Å². The summed E-state index contributed by atoms with van der Waals surface area (Å²) in [4.78, 5) is 45.5. The van der Waals surface area contributed by atoms with Crippen molar-refractivity contribution in [3.8, 4) is 0 Å². The van der Waals surface area contributed by atoms with Gasteiger partial charge in [0.1, 0.15) is 11.0 Å². The zero-order chi connectivity index (χ0) is 24.5. The molecule has 0 radical (unpaired) electrons. The number of para-hydroxylation sites is 1. The van der Waals surface area contributed by atoms with Crippen LogP contribution in [-0.4, -0.2) is 28.2 Å². The van der Waals surface area contributed by atoms with E-state index in [9.17, 15) is 14.4 Å². The van der Waals surface area contributed by atoms with Gasteiger partial charge in [-0.15, -0.1) is 0 Å². The number of ketones is 1. The summed E-state index contributed by atoms with van der Waals surface area (Å²) in [5, 5.41) is 2.91. The molecule has 1 N–H and O–H groups in total. The molecule has 7 heteroatoms. The molecule has 1 aromatic heterocycles. The molecule has 174 valence electrons. The Morgan fingerprint density at radius 2 is 1.71 bits per heavy atom. The first kappa shape index (κ1) is 23.8. The lowest BCUT2D eigenvalue weighted by atomic mass is 9.66. The van der Waals surface area contributed by atoms with Crippen LogP contribution in [-0.2, 0) is 19.7 Å². The van der Waals surface area contributed by atoms with Crippen LogP contribution in [0.2, 0.25) is 0 Å². The SMILES string of the molecule is CC(C)(C)OC(=O)[C@H](CC(=O)c1ccccc1)[C@@]1(c2ncccc2Br)C(=O)Nc2ccccc21. The van der Waals surface area contributed by atoms with Crippen molar-refractivity contribution in [2.24, 2.45) is 5.92 Å². The van der Waals surface area contributed by atoms with Crippen molar-refractivity contribution in [2.75, 3.05) is 5.32 Å². The molecule has 2 aromatic carbocycles. The maximum Gasteiger partial charge on any atom is 0.311 e. The number of hydrogen-bond donors (Lipinski definition) is 1. The Hall–Kier alpha value is -3.32. The number of Topliss-reactive ketones (excluding diaryl/α,β-unsaturated/α-hetero) is 1. The van der Waals surface area contributed by atoms with Gasteiger partial charge in [-0.05, 0) is 60.5 Å². The Balaban J connectivity index is 1.96. The van der Waals surface area contributed by atoms with Crippen molar-refractivity contribution >= 4 is 39.3 Å². The van der Waals surface area contributed by atoms with E-state index in [0.29, 0.717) is 27.0 Å². The minimum Gasteiger partial charge on any atom is -0.460 e. The molecule has 0 bridgehead atoms. The van der Waals surface area contributed by atoms with Gasteiger partial charge < -0.3 is 10.1 Å². The number of nitrogens with zero attached hydrogens (tertiary/aromatic N) is 1. The average molecular weight is 521 g/mol. The lowest BCUT2D eigenvalue weighted by Crippen LogP contribution is -2.49. The molecule has 1 amide bonds. The molecule has 4 rings (SSSR count). The second-order valence-corrected chi connectivity index (χ2v) is 10.1. The van der Waals surface area contributed by atoms with Gasteiger partial charge in [-0.1, -0.05) is 48.5 Å². The smallest absolute Gasteiger partial charge is 0.311 e. The van der Waals surface area contributed by atoms with E-state index < -0.39 is 28.8 Å². The largest absolute Gasteiger partial charge is 0.460 e. The predicted molar refractivity (Wildman–Crippen MR) is 133 cm³/mol. The van der Waals surface area contributed by atoms with Crippen LogP contribution in [0.5, 0.6) is 0 Å². The van der Waals surface area contributed by atoms with Gasteiger partial charge in [0.05, 0.1) is 11.6 Å². The van der Waals surface area contributed by atoms with Crippen LogP contribution < -0.4 is 5.32 Å². The summed E-state index contributed by atoms with van der Waals surface area (Å²) in [6, 6.07) is 19.4. The molecule has 2 heterocycles. The normalized spacial score (nSPS) is 18.1. The summed E-state index contributed by atoms with van der Waals surface area (Å²) in [7, 11) is 0. The van der Waals surface area contributed by atoms with Gasteiger partial charge in [-0.2, -0.15) is 0 Å². The fourth-order valence-electron chi connectivity index (χ4n) is 4.41. The van der Waals surface area contributed by atoms with Gasteiger partial charge in [0.25, 0.3) is 0 Å². The highest BCUT2D eigenvalue weighted by molar-refractivity contribution is 9.10. The van der Waals surface area contributed by atoms with E-state index in [1.54, 1.807) is 87.6 Å². The van der Waals surface area contributed by atoms with Crippen molar-refractivity contribution < 1.29 is 19.1 Å². The second kappa shape index (κ2) is 9.14. The number of hydrogen-bond acceptors (Lipinski definition) is 5. The number of fused-ring (bicyclic) bond motifs is 1. The Kier molecular flexibility index (Phi) is 6.41. The highest BCUT2D eigenvalue weighted by Crippen LogP contribution is 2.51. The first-order valence-corrected chi connectivity index (χ1v) is 11.8. The summed E-state index contributed by atoms with van der Waals surface area (Å²) in [6.07, 6.45) is 1.34. The van der Waals surface area contributed by atoms with Gasteiger partial charge in [-0.25, -0.2) is 0 Å². The molecular weight excluding hydrogens is 496 g/mol. The lowest BCUT2D eigenvalue weighted by Gasteiger charge is -2.36. The van der Waals surface area contributed by atoms with Gasteiger partial charge in [-0.3, -0.25) is 19.4 Å². The van der Waals surface area contributed by atoms with E-state index in [1.165, 1.54) is 0 Å². The molecular formula is C27H25BrN2O4. The zero-order valence-electron chi connectivity index (χ0n) is 19.2. The molecule has 0 saturated heterocycles. The fourth-order valence-corrected chi connectivity index (χ4v) is 4.98. The Morgan fingerprint density at radius 3 is 2.38 bits per heavy atom. The van der Waals surface area contributed by atoms with Gasteiger partial charge in [0.2, 0.25) is 5.91 Å². The molecule has 0 aliphatic carbocycles. The van der Waals surface area contributed by atoms with Crippen molar-refractivity contribution in [1.29, 1.82) is 0 Å². The average Bonchev–Trinajstić information content (AvgIpc) is 3.09. The number of carbonyl (C=O) groups excluding carboxylic acids is 3. The quantitative estimate of drug-likeness (QED) is 0.351. The minimum atomic E-state index is -1.57. The number of anilines is 1. The number of amides is 1. The third kappa shape index (κ3) is 4.28. The number of nitrogens with one attached hydrogen (secondary N) is 1. The highest BCUT2D eigenvalue weighted by atomic mass is 79.9. The summed E-state index contributed by atoms with van der Waals surface area (Å²) in [5.74, 6) is -2.49. The monoisotopic (exact) mass is 520 g/mol. The van der Waals surface area contributed by atoms with Crippen molar-refractivity contribution in [2.45, 2.75) is 38.2 Å². The summed E-state index contributed by atoms with van der Waals surface area (Å²) in [5.41, 5.74) is -0.416. The second-order valence-electron chi connectivity index (χ2n) is 9.22. The van der Waals surface area contributed by atoms with Crippen LogP contribution in [0.4, 0.5) is 5.69 Å². The molecule has 1 aliphatic rings. The lowest BCUT2D eigenvalue weighted by molar-refractivity contribution is -0.163. The van der Waals surface area contributed by atoms with Gasteiger partial charge >= 0.3 is 5.97 Å². The molecule has 0 fully saturated rings. The van der Waals surface area contributed by atoms with Crippen LogP contribution in [0.25, 0.3) is 0 Å². The van der Waals surface area contributed by atoms with Crippen LogP contribution in [0.15, 0.2) is 77.4 Å². The number of benzene rings is 2. The van der Waals surface area contributed by atoms with Crippen molar-refractivity contribution in [1.82, 2.24) is 4.98 Å². The molecule has 2 atom stereocenters. The standard InChI is InChI=1S/C27H25BrN2O4/c1-26(2,3)34-24(32)19(16-22(31)17-10-5-4-6-11-17)27(23-20(28)13-9-15-29-23)18-12-7-8-14-21(18)30-25(27)33/h4-15,19H,16H2,1-3H3,(H,30,33)/t19-,27-/m0/s1. The molecule has 0 saturated carbocycles. The molecule has 1 aliphatic heterocycles. The van der Waals surface area contributed by atoms with Crippen LogP contribution in [0.3, 0.4) is 0 Å². The number of pyridine rings is 1. The van der Waals surface area contributed by atoms with Crippen LogP contribution >= 0.6 is 15.9 Å². The summed E-state index contributed by atoms with van der Waals surface area (Å²) < 4.78 is 6.34. The first-order chi connectivity index (χ1) is 16.1. The van der Waals surface area contributed by atoms with E-state index in [-0.39, 0.29) is 12.2 Å². The number of rotatable bonds is 6. The molecule has 6 nitrogen and oxygen atoms in total. The van der Waals surface area contributed by atoms with Gasteiger partial charge in [0.15, 0.2) is 5.78 Å². The maximum atomic E-state index is 13.8. The molecule has 0 spiro atoms. The Morgan fingerprint density at radius 1 is 1.03 bits per heavy atom. The molecule has 3 aromatic rings. The van der Waals surface area contributed by atoms with Crippen LogP contribution in [0, 0.1) is 5.92 Å². The first-order valence-electron chi connectivity index (χ1n) is 11.0. The number of aromatic nitrogens is 1. The van der Waals surface area contributed by atoms with E-state index >= 15 is 0 Å². The van der Waals surface area contributed by atoms with E-state index in [4.69, 9.17) is 4.74 Å². The minimum absolute atomic E-state index is 0.232. The summed E-state index contributed by atoms with van der Waals surface area (Å²) in [6.45, 7) is 5.27. The van der Waals surface area contributed by atoms with Crippen molar-refractivity contribution in [3.63, 3.8) is 0 Å². The number of carbonyl (C=O) groups is 3. The topological polar surface area (TPSA) is 85.4 Å². The molecule has 0 unspecified atom stereocenters. The molecule has 34 heavy (non-hydrogen) atoms. The fraction of sp³-hybridized carbons (Fsp3) is 0.259. The summed E-state index contributed by atoms with van der Waals surface area (Å²) >= 11 is 3.53. The maximum absolute atomic E-state index is 13.8. The van der Waals surface area contributed by atoms with Gasteiger partial charge in [0, 0.05) is 28.3 Å².